The molecule has 0 amide bonds. The Hall–Kier alpha value is -3.43. The Morgan fingerprint density at radius 2 is 1.39 bits per heavy atom. The second-order valence-electron chi connectivity index (χ2n) is 7.72. The van der Waals surface area contributed by atoms with Crippen LogP contribution in [0.4, 0.5) is 14.6 Å². The van der Waals surface area contributed by atoms with Gasteiger partial charge in [-0.3, -0.25) is 0 Å². The number of aromatic nitrogens is 2. The summed E-state index contributed by atoms with van der Waals surface area (Å²) in [6.07, 6.45) is 0. The molecule has 5 rings (SSSR count). The highest BCUT2D eigenvalue weighted by molar-refractivity contribution is 7.89. The Morgan fingerprint density at radius 1 is 0.758 bits per heavy atom. The molecule has 2 heterocycles. The van der Waals surface area contributed by atoms with E-state index in [1.165, 1.54) is 4.31 Å². The first-order valence-electron chi connectivity index (χ1n) is 10.5. The number of rotatable bonds is 4. The molecule has 0 radical (unpaired) electrons. The van der Waals surface area contributed by atoms with Crippen LogP contribution in [0.1, 0.15) is 0 Å². The molecule has 1 saturated heterocycles. The molecule has 0 unspecified atom stereocenters. The molecule has 1 aromatic heterocycles. The number of piperazine rings is 1. The van der Waals surface area contributed by atoms with Gasteiger partial charge in [0, 0.05) is 37.8 Å². The molecule has 3 aromatic carbocycles. The number of benzene rings is 3. The molecule has 0 N–H and O–H groups in total. The highest BCUT2D eigenvalue weighted by Crippen LogP contribution is 2.31. The SMILES string of the molecule is O=S(=O)(c1ccc(F)cc1F)N1CCN(c2nc3ccccc3nc2-c2ccccc2)CC1. The number of sulfonamides is 1. The van der Waals surface area contributed by atoms with E-state index in [9.17, 15) is 17.2 Å². The molecule has 33 heavy (non-hydrogen) atoms. The van der Waals surface area contributed by atoms with Crippen molar-refractivity contribution in [3.8, 4) is 11.3 Å². The predicted molar refractivity (Wildman–Crippen MR) is 122 cm³/mol. The van der Waals surface area contributed by atoms with E-state index in [1.54, 1.807) is 0 Å². The average molecular weight is 467 g/mol. The zero-order valence-corrected chi connectivity index (χ0v) is 18.3. The summed E-state index contributed by atoms with van der Waals surface area (Å²) in [5, 5.41) is 0. The second kappa shape index (κ2) is 8.49. The van der Waals surface area contributed by atoms with Crippen LogP contribution >= 0.6 is 0 Å². The monoisotopic (exact) mass is 466 g/mol. The summed E-state index contributed by atoms with van der Waals surface area (Å²) in [5.41, 5.74) is 3.15. The van der Waals surface area contributed by atoms with Crippen LogP contribution in [0.2, 0.25) is 0 Å². The molecule has 4 aromatic rings. The van der Waals surface area contributed by atoms with Gasteiger partial charge in [-0.05, 0) is 24.3 Å². The maximum Gasteiger partial charge on any atom is 0.246 e. The van der Waals surface area contributed by atoms with Gasteiger partial charge in [-0.25, -0.2) is 27.2 Å². The quantitative estimate of drug-likeness (QED) is 0.453. The maximum absolute atomic E-state index is 14.2. The fraction of sp³-hybridized carbons (Fsp3) is 0.167. The van der Waals surface area contributed by atoms with E-state index in [4.69, 9.17) is 9.97 Å². The normalized spacial score (nSPS) is 15.2. The summed E-state index contributed by atoms with van der Waals surface area (Å²) in [7, 11) is -4.08. The first kappa shape index (κ1) is 21.4. The third-order valence-corrected chi connectivity index (χ3v) is 7.58. The van der Waals surface area contributed by atoms with Gasteiger partial charge in [0.15, 0.2) is 5.82 Å². The van der Waals surface area contributed by atoms with Gasteiger partial charge in [-0.1, -0.05) is 42.5 Å². The topological polar surface area (TPSA) is 66.4 Å². The minimum absolute atomic E-state index is 0.141. The van der Waals surface area contributed by atoms with E-state index in [2.05, 4.69) is 0 Å². The van der Waals surface area contributed by atoms with Crippen LogP contribution < -0.4 is 4.90 Å². The van der Waals surface area contributed by atoms with Gasteiger partial charge in [0.1, 0.15) is 22.2 Å². The first-order chi connectivity index (χ1) is 15.9. The molecular weight excluding hydrogens is 446 g/mol. The van der Waals surface area contributed by atoms with Gasteiger partial charge in [0.2, 0.25) is 10.0 Å². The zero-order valence-electron chi connectivity index (χ0n) is 17.5. The van der Waals surface area contributed by atoms with Gasteiger partial charge >= 0.3 is 0 Å². The molecule has 1 aliphatic heterocycles. The van der Waals surface area contributed by atoms with Crippen molar-refractivity contribution < 1.29 is 17.2 Å². The third kappa shape index (κ3) is 4.05. The minimum Gasteiger partial charge on any atom is -0.352 e. The first-order valence-corrected chi connectivity index (χ1v) is 11.9. The van der Waals surface area contributed by atoms with Gasteiger partial charge in [-0.15, -0.1) is 0 Å². The van der Waals surface area contributed by atoms with Gasteiger partial charge < -0.3 is 4.90 Å². The van der Waals surface area contributed by atoms with Crippen LogP contribution in [-0.4, -0.2) is 48.9 Å². The Labute approximate surface area is 190 Å². The second-order valence-corrected chi connectivity index (χ2v) is 9.62. The van der Waals surface area contributed by atoms with Gasteiger partial charge in [0.25, 0.3) is 0 Å². The van der Waals surface area contributed by atoms with Crippen molar-refractivity contribution >= 4 is 26.9 Å². The molecule has 0 spiro atoms. The van der Waals surface area contributed by atoms with E-state index < -0.39 is 26.6 Å². The lowest BCUT2D eigenvalue weighted by Crippen LogP contribution is -2.49. The smallest absolute Gasteiger partial charge is 0.246 e. The Morgan fingerprint density at radius 3 is 2.06 bits per heavy atom. The van der Waals surface area contributed by atoms with Crippen molar-refractivity contribution in [1.29, 1.82) is 0 Å². The number of fused-ring (bicyclic) bond motifs is 1. The fourth-order valence-electron chi connectivity index (χ4n) is 3.96. The van der Waals surface area contributed by atoms with Crippen LogP contribution in [0.3, 0.4) is 0 Å². The van der Waals surface area contributed by atoms with Crippen molar-refractivity contribution in [2.24, 2.45) is 0 Å². The predicted octanol–water partition coefficient (Wildman–Crippen LogP) is 4.09. The number of halogens is 2. The molecule has 0 bridgehead atoms. The summed E-state index contributed by atoms with van der Waals surface area (Å²) in [6, 6.07) is 19.8. The number of para-hydroxylation sites is 2. The fourth-order valence-corrected chi connectivity index (χ4v) is 5.43. The Bertz CT molecular complexity index is 1420. The van der Waals surface area contributed by atoms with Crippen LogP contribution in [-0.2, 0) is 10.0 Å². The number of anilines is 1. The van der Waals surface area contributed by atoms with E-state index in [0.29, 0.717) is 25.0 Å². The molecule has 9 heteroatoms. The van der Waals surface area contributed by atoms with Crippen LogP contribution in [0.5, 0.6) is 0 Å². The van der Waals surface area contributed by atoms with E-state index in [-0.39, 0.29) is 13.1 Å². The summed E-state index contributed by atoms with van der Waals surface area (Å²) in [4.78, 5) is 11.1. The summed E-state index contributed by atoms with van der Waals surface area (Å²) in [6.45, 7) is 0.994. The zero-order chi connectivity index (χ0) is 23.0. The highest BCUT2D eigenvalue weighted by atomic mass is 32.2. The molecule has 1 fully saturated rings. The highest BCUT2D eigenvalue weighted by Gasteiger charge is 2.32. The van der Waals surface area contributed by atoms with Crippen molar-refractivity contribution in [2.45, 2.75) is 4.90 Å². The van der Waals surface area contributed by atoms with E-state index in [1.807, 2.05) is 59.5 Å². The van der Waals surface area contributed by atoms with Crippen molar-refractivity contribution in [3.63, 3.8) is 0 Å². The molecule has 1 aliphatic rings. The molecule has 0 saturated carbocycles. The number of hydrogen-bond acceptors (Lipinski definition) is 5. The lowest BCUT2D eigenvalue weighted by Gasteiger charge is -2.35. The van der Waals surface area contributed by atoms with Crippen LogP contribution in [0.25, 0.3) is 22.3 Å². The number of nitrogens with zero attached hydrogens (tertiary/aromatic N) is 4. The Balaban J connectivity index is 1.46. The summed E-state index contributed by atoms with van der Waals surface area (Å²) < 4.78 is 54.5. The summed E-state index contributed by atoms with van der Waals surface area (Å²) >= 11 is 0. The molecule has 6 nitrogen and oxygen atoms in total. The van der Waals surface area contributed by atoms with Gasteiger partial charge in [0.05, 0.1) is 11.0 Å². The summed E-state index contributed by atoms with van der Waals surface area (Å²) in [5.74, 6) is -1.24. The van der Waals surface area contributed by atoms with E-state index >= 15 is 0 Å². The molecule has 0 aliphatic carbocycles. The maximum atomic E-state index is 14.2. The largest absolute Gasteiger partial charge is 0.352 e. The van der Waals surface area contributed by atoms with E-state index in [0.717, 1.165) is 34.4 Å². The molecular formula is C24H20F2N4O2S. The molecule has 168 valence electrons. The minimum atomic E-state index is -4.08. The van der Waals surface area contributed by atoms with Crippen LogP contribution in [0.15, 0.2) is 77.7 Å². The molecule has 0 atom stereocenters. The van der Waals surface area contributed by atoms with Crippen LogP contribution in [0, 0.1) is 11.6 Å². The Kier molecular flexibility index (Phi) is 5.51. The third-order valence-electron chi connectivity index (χ3n) is 5.65. The lowest BCUT2D eigenvalue weighted by molar-refractivity contribution is 0.381. The van der Waals surface area contributed by atoms with Crippen molar-refractivity contribution in [3.05, 3.63) is 84.4 Å². The lowest BCUT2D eigenvalue weighted by atomic mass is 10.1. The standard InChI is InChI=1S/C24H20F2N4O2S/c25-18-10-11-22(19(26)16-18)33(31,32)30-14-12-29(13-15-30)24-23(17-6-2-1-3-7-17)27-20-8-4-5-9-21(20)28-24/h1-11,16H,12-15H2. The number of hydrogen-bond donors (Lipinski definition) is 0. The van der Waals surface area contributed by atoms with Crippen molar-refractivity contribution in [2.75, 3.05) is 31.1 Å². The van der Waals surface area contributed by atoms with Gasteiger partial charge in [-0.2, -0.15) is 4.31 Å². The average Bonchev–Trinajstić information content (AvgIpc) is 2.83. The van der Waals surface area contributed by atoms with Crippen molar-refractivity contribution in [1.82, 2.24) is 14.3 Å².